The van der Waals surface area contributed by atoms with E-state index >= 15 is 0 Å². The maximum Gasteiger partial charge on any atom is 0.271 e. The molecule has 5 nitrogen and oxygen atoms in total. The fraction of sp³-hybridized carbons (Fsp3) is 0.250. The van der Waals surface area contributed by atoms with Gasteiger partial charge in [-0.15, -0.1) is 0 Å². The molecule has 0 aliphatic heterocycles. The Morgan fingerprint density at radius 1 is 1.08 bits per heavy atom. The third-order valence-electron chi connectivity index (χ3n) is 3.75. The molecule has 0 fully saturated rings. The average Bonchev–Trinajstić information content (AvgIpc) is 2.62. The van der Waals surface area contributed by atoms with E-state index in [0.717, 1.165) is 24.0 Å². The van der Waals surface area contributed by atoms with Crippen LogP contribution in [0.3, 0.4) is 0 Å². The Kier molecular flexibility index (Phi) is 6.89. The number of hydrogen-bond donors (Lipinski definition) is 2. The van der Waals surface area contributed by atoms with E-state index in [2.05, 4.69) is 15.8 Å². The highest BCUT2D eigenvalue weighted by molar-refractivity contribution is 5.96. The number of hydrogen-bond acceptors (Lipinski definition) is 3. The van der Waals surface area contributed by atoms with Gasteiger partial charge in [-0.1, -0.05) is 37.6 Å². The molecule has 0 spiro atoms. The average molecular weight is 337 g/mol. The standard InChI is InChI=1S/C20H23N3O2/c1-3-4-9-19(24)22-18-12-10-16(11-13-18)20(25)23-21-14-17-8-6-5-7-15(17)2/h5-8,10-14H,3-4,9H2,1-2H3,(H,22,24)(H,23,25)/b21-14+. The van der Waals surface area contributed by atoms with Crippen LogP contribution in [0, 0.1) is 6.92 Å². The van der Waals surface area contributed by atoms with E-state index in [-0.39, 0.29) is 11.8 Å². The number of benzene rings is 2. The second-order valence-corrected chi connectivity index (χ2v) is 5.78. The molecule has 0 saturated heterocycles. The zero-order valence-corrected chi connectivity index (χ0v) is 14.6. The third-order valence-corrected chi connectivity index (χ3v) is 3.75. The second-order valence-electron chi connectivity index (χ2n) is 5.78. The van der Waals surface area contributed by atoms with Crippen LogP contribution in [0.25, 0.3) is 0 Å². The molecule has 0 atom stereocenters. The van der Waals surface area contributed by atoms with Crippen LogP contribution in [0.2, 0.25) is 0 Å². The van der Waals surface area contributed by atoms with E-state index in [1.54, 1.807) is 30.5 Å². The lowest BCUT2D eigenvalue weighted by Crippen LogP contribution is -2.18. The van der Waals surface area contributed by atoms with Gasteiger partial charge in [-0.3, -0.25) is 9.59 Å². The summed E-state index contributed by atoms with van der Waals surface area (Å²) in [4.78, 5) is 23.8. The van der Waals surface area contributed by atoms with Gasteiger partial charge >= 0.3 is 0 Å². The largest absolute Gasteiger partial charge is 0.326 e. The van der Waals surface area contributed by atoms with Crippen molar-refractivity contribution in [2.45, 2.75) is 33.1 Å². The number of rotatable bonds is 7. The molecule has 2 aromatic carbocycles. The minimum Gasteiger partial charge on any atom is -0.326 e. The fourth-order valence-corrected chi connectivity index (χ4v) is 2.22. The van der Waals surface area contributed by atoms with Gasteiger partial charge in [0, 0.05) is 17.7 Å². The lowest BCUT2D eigenvalue weighted by atomic mass is 10.1. The first-order chi connectivity index (χ1) is 12.1. The molecular weight excluding hydrogens is 314 g/mol. The van der Waals surface area contributed by atoms with Gasteiger partial charge in [0.15, 0.2) is 0 Å². The predicted octanol–water partition coefficient (Wildman–Crippen LogP) is 3.89. The summed E-state index contributed by atoms with van der Waals surface area (Å²) < 4.78 is 0. The first kappa shape index (κ1) is 18.4. The van der Waals surface area contributed by atoms with Crippen molar-refractivity contribution in [1.29, 1.82) is 0 Å². The number of anilines is 1. The van der Waals surface area contributed by atoms with Crippen LogP contribution in [0.15, 0.2) is 53.6 Å². The van der Waals surface area contributed by atoms with E-state index < -0.39 is 0 Å². The molecule has 2 amide bonds. The summed E-state index contributed by atoms with van der Waals surface area (Å²) in [6, 6.07) is 14.5. The first-order valence-electron chi connectivity index (χ1n) is 8.39. The number of carbonyl (C=O) groups excluding carboxylic acids is 2. The van der Waals surface area contributed by atoms with Crippen molar-refractivity contribution < 1.29 is 9.59 Å². The van der Waals surface area contributed by atoms with Crippen molar-refractivity contribution in [2.75, 3.05) is 5.32 Å². The molecule has 2 aromatic rings. The quantitative estimate of drug-likeness (QED) is 0.594. The molecule has 2 rings (SSSR count). The van der Waals surface area contributed by atoms with Crippen molar-refractivity contribution in [3.8, 4) is 0 Å². The SMILES string of the molecule is CCCCC(=O)Nc1ccc(C(=O)N/N=C/c2ccccc2C)cc1. The molecule has 0 aliphatic rings. The number of aryl methyl sites for hydroxylation is 1. The van der Waals surface area contributed by atoms with Gasteiger partial charge in [-0.25, -0.2) is 5.43 Å². The molecular formula is C20H23N3O2. The summed E-state index contributed by atoms with van der Waals surface area (Å²) in [5.74, 6) is -0.310. The topological polar surface area (TPSA) is 70.6 Å². The van der Waals surface area contributed by atoms with Crippen molar-refractivity contribution in [3.05, 3.63) is 65.2 Å². The van der Waals surface area contributed by atoms with Gasteiger partial charge < -0.3 is 5.32 Å². The third kappa shape index (κ3) is 5.88. The number of nitrogens with one attached hydrogen (secondary N) is 2. The number of hydrazone groups is 1. The molecule has 0 aliphatic carbocycles. The predicted molar refractivity (Wildman–Crippen MR) is 101 cm³/mol. The number of amides is 2. The maximum absolute atomic E-state index is 12.1. The molecule has 0 bridgehead atoms. The van der Waals surface area contributed by atoms with Crippen LogP contribution >= 0.6 is 0 Å². The van der Waals surface area contributed by atoms with Crippen molar-refractivity contribution >= 4 is 23.7 Å². The maximum atomic E-state index is 12.1. The summed E-state index contributed by atoms with van der Waals surface area (Å²) >= 11 is 0. The van der Waals surface area contributed by atoms with Crippen molar-refractivity contribution in [2.24, 2.45) is 5.10 Å². The van der Waals surface area contributed by atoms with E-state index in [1.165, 1.54) is 0 Å². The molecule has 5 heteroatoms. The second kappa shape index (κ2) is 9.37. The zero-order chi connectivity index (χ0) is 18.1. The fourth-order valence-electron chi connectivity index (χ4n) is 2.22. The molecule has 0 unspecified atom stereocenters. The van der Waals surface area contributed by atoms with Crippen LogP contribution in [0.4, 0.5) is 5.69 Å². The first-order valence-corrected chi connectivity index (χ1v) is 8.39. The number of nitrogens with zero attached hydrogens (tertiary/aromatic N) is 1. The van der Waals surface area contributed by atoms with E-state index in [1.807, 2.05) is 38.1 Å². The van der Waals surface area contributed by atoms with Gasteiger partial charge in [0.05, 0.1) is 6.21 Å². The van der Waals surface area contributed by atoms with E-state index in [9.17, 15) is 9.59 Å². The smallest absolute Gasteiger partial charge is 0.271 e. The zero-order valence-electron chi connectivity index (χ0n) is 14.6. The highest BCUT2D eigenvalue weighted by Crippen LogP contribution is 2.11. The van der Waals surface area contributed by atoms with Crippen molar-refractivity contribution in [1.82, 2.24) is 5.43 Å². The summed E-state index contributed by atoms with van der Waals surface area (Å²) in [5, 5.41) is 6.80. The van der Waals surface area contributed by atoms with Crippen LogP contribution in [0.1, 0.15) is 47.7 Å². The summed E-state index contributed by atoms with van der Waals surface area (Å²) in [5.41, 5.74) is 5.71. The van der Waals surface area contributed by atoms with Crippen LogP contribution in [-0.4, -0.2) is 18.0 Å². The monoisotopic (exact) mass is 337 g/mol. The van der Waals surface area contributed by atoms with E-state index in [4.69, 9.17) is 0 Å². The van der Waals surface area contributed by atoms with E-state index in [0.29, 0.717) is 17.7 Å². The molecule has 0 radical (unpaired) electrons. The highest BCUT2D eigenvalue weighted by atomic mass is 16.2. The van der Waals surface area contributed by atoms with Crippen LogP contribution < -0.4 is 10.7 Å². The van der Waals surface area contributed by atoms with Gasteiger partial charge in [-0.2, -0.15) is 5.10 Å². The van der Waals surface area contributed by atoms with Crippen molar-refractivity contribution in [3.63, 3.8) is 0 Å². The lowest BCUT2D eigenvalue weighted by molar-refractivity contribution is -0.116. The van der Waals surface area contributed by atoms with Gasteiger partial charge in [-0.05, 0) is 48.7 Å². The Labute approximate surface area is 148 Å². The Morgan fingerprint density at radius 3 is 2.48 bits per heavy atom. The summed E-state index contributed by atoms with van der Waals surface area (Å²) in [6.45, 7) is 4.03. The summed E-state index contributed by atoms with van der Waals surface area (Å²) in [7, 11) is 0. The number of carbonyl (C=O) groups is 2. The molecule has 0 heterocycles. The minimum atomic E-state index is -0.298. The molecule has 2 N–H and O–H groups in total. The Morgan fingerprint density at radius 2 is 1.80 bits per heavy atom. The minimum absolute atomic E-state index is 0.0121. The molecule has 130 valence electrons. The number of unbranched alkanes of at least 4 members (excludes halogenated alkanes) is 1. The van der Waals surface area contributed by atoms with Gasteiger partial charge in [0.25, 0.3) is 5.91 Å². The molecule has 0 saturated carbocycles. The van der Waals surface area contributed by atoms with Gasteiger partial charge in [0.2, 0.25) is 5.91 Å². The Balaban J connectivity index is 1.90. The van der Waals surface area contributed by atoms with Crippen LogP contribution in [-0.2, 0) is 4.79 Å². The highest BCUT2D eigenvalue weighted by Gasteiger charge is 2.06. The Bertz CT molecular complexity index is 752. The Hall–Kier alpha value is -2.95. The van der Waals surface area contributed by atoms with Crippen LogP contribution in [0.5, 0.6) is 0 Å². The van der Waals surface area contributed by atoms with Gasteiger partial charge in [0.1, 0.15) is 0 Å². The normalized spacial score (nSPS) is 10.6. The molecule has 25 heavy (non-hydrogen) atoms. The summed E-state index contributed by atoms with van der Waals surface area (Å²) in [6.07, 6.45) is 3.97. The lowest BCUT2D eigenvalue weighted by Gasteiger charge is -2.06. The molecule has 0 aromatic heterocycles.